The summed E-state index contributed by atoms with van der Waals surface area (Å²) < 4.78 is 8.35. The van der Waals surface area contributed by atoms with E-state index in [9.17, 15) is 0 Å². The molecule has 4 rings (SSSR count). The van der Waals surface area contributed by atoms with Crippen LogP contribution in [0.5, 0.6) is 0 Å². The van der Waals surface area contributed by atoms with Crippen LogP contribution in [0.4, 0.5) is 0 Å². The minimum absolute atomic E-state index is 0.113. The number of hydrogen-bond acceptors (Lipinski definition) is 5. The summed E-state index contributed by atoms with van der Waals surface area (Å²) in [7, 11) is 0. The number of aryl methyl sites for hydroxylation is 1. The number of imidazole rings is 1. The van der Waals surface area contributed by atoms with Gasteiger partial charge in [0.05, 0.1) is 11.4 Å². The van der Waals surface area contributed by atoms with Crippen molar-refractivity contribution in [2.24, 2.45) is 17.8 Å². The summed E-state index contributed by atoms with van der Waals surface area (Å²) >= 11 is 1.72. The van der Waals surface area contributed by atoms with E-state index in [4.69, 9.17) is 9.40 Å². The fourth-order valence-electron chi connectivity index (χ4n) is 5.00. The fraction of sp³-hybridized carbons (Fsp3) is 0.762. The van der Waals surface area contributed by atoms with E-state index >= 15 is 0 Å². The molecule has 0 spiro atoms. The molecule has 2 aromatic heterocycles. The van der Waals surface area contributed by atoms with Crippen molar-refractivity contribution in [3.63, 3.8) is 0 Å². The number of thioether (sulfide) groups is 1. The van der Waals surface area contributed by atoms with Crippen LogP contribution in [0, 0.1) is 31.6 Å². The molecule has 0 unspecified atom stereocenters. The van der Waals surface area contributed by atoms with E-state index in [1.165, 1.54) is 31.4 Å². The zero-order chi connectivity index (χ0) is 19.3. The summed E-state index contributed by atoms with van der Waals surface area (Å²) in [5, 5.41) is 9.54. The Bertz CT molecular complexity index is 819. The fourth-order valence-corrected chi connectivity index (χ4v) is 6.01. The molecule has 0 aromatic carbocycles. The molecule has 0 saturated heterocycles. The van der Waals surface area contributed by atoms with Crippen molar-refractivity contribution in [1.82, 2.24) is 19.7 Å². The molecule has 148 valence electrons. The first-order valence-electron chi connectivity index (χ1n) is 10.2. The summed E-state index contributed by atoms with van der Waals surface area (Å²) in [4.78, 5) is 4.87. The van der Waals surface area contributed by atoms with Crippen molar-refractivity contribution in [3.8, 4) is 0 Å². The largest absolute Gasteiger partial charge is 0.424 e. The highest BCUT2D eigenvalue weighted by molar-refractivity contribution is 7.98. The van der Waals surface area contributed by atoms with Crippen molar-refractivity contribution in [3.05, 3.63) is 23.2 Å². The second-order valence-corrected chi connectivity index (χ2v) is 10.5. The zero-order valence-electron chi connectivity index (χ0n) is 17.5. The number of rotatable bonds is 5. The maximum atomic E-state index is 5.87. The molecule has 2 bridgehead atoms. The first kappa shape index (κ1) is 19.0. The molecule has 2 aromatic rings. The molecular weight excluding hydrogens is 356 g/mol. The van der Waals surface area contributed by atoms with E-state index < -0.39 is 0 Å². The molecule has 2 heterocycles. The molecule has 0 amide bonds. The quantitative estimate of drug-likeness (QED) is 0.636. The average molecular weight is 389 g/mol. The van der Waals surface area contributed by atoms with Gasteiger partial charge in [0.1, 0.15) is 0 Å². The molecule has 6 heteroatoms. The molecule has 5 nitrogen and oxygen atoms in total. The van der Waals surface area contributed by atoms with Crippen molar-refractivity contribution in [1.29, 1.82) is 0 Å². The van der Waals surface area contributed by atoms with Crippen LogP contribution in [-0.4, -0.2) is 19.7 Å². The predicted molar refractivity (Wildman–Crippen MR) is 108 cm³/mol. The molecule has 0 N–H and O–H groups in total. The Morgan fingerprint density at radius 2 is 1.96 bits per heavy atom. The third kappa shape index (κ3) is 3.57. The number of hydrogen-bond donors (Lipinski definition) is 0. The second-order valence-electron chi connectivity index (χ2n) is 9.55. The van der Waals surface area contributed by atoms with E-state index in [2.05, 4.69) is 56.3 Å². The lowest BCUT2D eigenvalue weighted by Crippen LogP contribution is -2.23. The van der Waals surface area contributed by atoms with Crippen molar-refractivity contribution in [2.45, 2.75) is 89.6 Å². The van der Waals surface area contributed by atoms with Crippen LogP contribution >= 0.6 is 11.8 Å². The zero-order valence-corrected chi connectivity index (χ0v) is 18.3. The summed E-state index contributed by atoms with van der Waals surface area (Å²) in [5.74, 6) is 4.73. The van der Waals surface area contributed by atoms with E-state index in [1.807, 2.05) is 0 Å². The molecule has 2 aliphatic rings. The van der Waals surface area contributed by atoms with E-state index in [1.54, 1.807) is 11.8 Å². The molecule has 2 fully saturated rings. The third-order valence-corrected chi connectivity index (χ3v) is 7.54. The van der Waals surface area contributed by atoms with Gasteiger partial charge in [-0.15, -0.1) is 10.2 Å². The van der Waals surface area contributed by atoms with Gasteiger partial charge in [-0.2, -0.15) is 0 Å². The van der Waals surface area contributed by atoms with Gasteiger partial charge in [0.25, 0.3) is 0 Å². The summed E-state index contributed by atoms with van der Waals surface area (Å²) in [6.07, 6.45) is 5.71. The number of aromatic nitrogens is 4. The Morgan fingerprint density at radius 3 is 2.56 bits per heavy atom. The van der Waals surface area contributed by atoms with Gasteiger partial charge < -0.3 is 8.98 Å². The second kappa shape index (κ2) is 6.94. The Hall–Kier alpha value is -1.30. The van der Waals surface area contributed by atoms with Gasteiger partial charge in [-0.3, -0.25) is 0 Å². The predicted octanol–water partition coefficient (Wildman–Crippen LogP) is 5.47. The topological polar surface area (TPSA) is 56.7 Å². The first-order valence-corrected chi connectivity index (χ1v) is 11.2. The van der Waals surface area contributed by atoms with E-state index in [-0.39, 0.29) is 5.41 Å². The smallest absolute Gasteiger partial charge is 0.226 e. The van der Waals surface area contributed by atoms with Crippen LogP contribution in [0.15, 0.2) is 9.57 Å². The summed E-state index contributed by atoms with van der Waals surface area (Å²) in [6, 6.07) is 0.511. The van der Waals surface area contributed by atoms with Gasteiger partial charge in [0, 0.05) is 17.2 Å². The van der Waals surface area contributed by atoms with Crippen LogP contribution in [0.3, 0.4) is 0 Å². The molecule has 2 saturated carbocycles. The SMILES string of the molecule is Cc1nc(SCc2nnc(C(C)(C)C)o2)n([C@H](C)[C@H]2C[C@H]3CC[C@H]2C3)c1C. The highest BCUT2D eigenvalue weighted by Gasteiger charge is 2.43. The summed E-state index contributed by atoms with van der Waals surface area (Å²) in [6.45, 7) is 13.0. The molecule has 4 atom stereocenters. The van der Waals surface area contributed by atoms with Gasteiger partial charge in [-0.1, -0.05) is 39.0 Å². The van der Waals surface area contributed by atoms with Crippen LogP contribution in [-0.2, 0) is 11.2 Å². The van der Waals surface area contributed by atoms with Crippen LogP contribution in [0.2, 0.25) is 0 Å². The van der Waals surface area contributed by atoms with Crippen molar-refractivity contribution in [2.75, 3.05) is 0 Å². The standard InChI is InChI=1S/C21H32N4OS/c1-12-13(2)25(14(3)17-10-15-7-8-16(17)9-15)20(22-12)27-11-18-23-24-19(26-18)21(4,5)6/h14-17H,7-11H2,1-6H3/t14-,15+,16+,17-/m1/s1. The number of fused-ring (bicyclic) bond motifs is 2. The minimum atomic E-state index is -0.113. The lowest BCUT2D eigenvalue weighted by molar-refractivity contribution is 0.232. The van der Waals surface area contributed by atoms with Crippen molar-refractivity contribution < 1.29 is 4.42 Å². The normalized spacial score (nSPS) is 26.1. The lowest BCUT2D eigenvalue weighted by atomic mass is 9.84. The highest BCUT2D eigenvalue weighted by Crippen LogP contribution is 2.52. The van der Waals surface area contributed by atoms with Crippen LogP contribution in [0.1, 0.15) is 82.6 Å². The van der Waals surface area contributed by atoms with E-state index in [0.717, 1.165) is 28.6 Å². The van der Waals surface area contributed by atoms with E-state index in [0.29, 0.717) is 23.6 Å². The molecule has 2 aliphatic carbocycles. The lowest BCUT2D eigenvalue weighted by Gasteiger charge is -2.30. The third-order valence-electron chi connectivity index (χ3n) is 6.61. The van der Waals surface area contributed by atoms with Gasteiger partial charge in [-0.25, -0.2) is 4.98 Å². The first-order chi connectivity index (χ1) is 12.7. The highest BCUT2D eigenvalue weighted by atomic mass is 32.2. The molecular formula is C21H32N4OS. The molecule has 0 radical (unpaired) electrons. The Kier molecular flexibility index (Phi) is 4.90. The van der Waals surface area contributed by atoms with Gasteiger partial charge in [0.15, 0.2) is 5.16 Å². The van der Waals surface area contributed by atoms with Gasteiger partial charge >= 0.3 is 0 Å². The number of nitrogens with zero attached hydrogens (tertiary/aromatic N) is 4. The summed E-state index contributed by atoms with van der Waals surface area (Å²) in [5.41, 5.74) is 2.32. The monoisotopic (exact) mass is 388 g/mol. The van der Waals surface area contributed by atoms with Gasteiger partial charge in [0.2, 0.25) is 11.8 Å². The molecule has 27 heavy (non-hydrogen) atoms. The average Bonchev–Trinajstić information content (AvgIpc) is 3.36. The Balaban J connectivity index is 1.51. The maximum Gasteiger partial charge on any atom is 0.226 e. The van der Waals surface area contributed by atoms with Crippen LogP contribution < -0.4 is 0 Å². The van der Waals surface area contributed by atoms with Gasteiger partial charge in [-0.05, 0) is 57.8 Å². The van der Waals surface area contributed by atoms with Crippen molar-refractivity contribution >= 4 is 11.8 Å². The Labute approximate surface area is 166 Å². The Morgan fingerprint density at radius 1 is 1.19 bits per heavy atom. The minimum Gasteiger partial charge on any atom is -0.424 e. The molecule has 0 aliphatic heterocycles. The maximum absolute atomic E-state index is 5.87. The van der Waals surface area contributed by atoms with Crippen LogP contribution in [0.25, 0.3) is 0 Å².